The molecule has 0 bridgehead atoms. The van der Waals surface area contributed by atoms with Crippen LogP contribution < -0.4 is 0 Å². The first-order chi connectivity index (χ1) is 16.8. The molecule has 0 atom stereocenters. The minimum absolute atomic E-state index is 0.708. The van der Waals surface area contributed by atoms with E-state index in [1.165, 1.54) is 5.56 Å². The van der Waals surface area contributed by atoms with Gasteiger partial charge in [-0.05, 0) is 17.7 Å². The molecule has 0 aliphatic carbocycles. The lowest BCUT2D eigenvalue weighted by Gasteiger charge is -2.16. The molecule has 34 heavy (non-hydrogen) atoms. The van der Waals surface area contributed by atoms with E-state index in [0.29, 0.717) is 6.42 Å². The van der Waals surface area contributed by atoms with E-state index < -0.39 is 0 Å². The predicted molar refractivity (Wildman–Crippen MR) is 147 cm³/mol. The highest BCUT2D eigenvalue weighted by Crippen LogP contribution is 2.34. The molecule has 1 aromatic heterocycles. The minimum Gasteiger partial charge on any atom is -0.248 e. The zero-order chi connectivity index (χ0) is 23.8. The van der Waals surface area contributed by atoms with Crippen molar-refractivity contribution in [1.29, 1.82) is 0 Å². The quantitative estimate of drug-likeness (QED) is 0.237. The van der Waals surface area contributed by atoms with Crippen LogP contribution in [0.25, 0.3) is 33.8 Å². The monoisotopic (exact) mass is 506 g/mol. The van der Waals surface area contributed by atoms with Gasteiger partial charge in [0.05, 0.1) is 22.8 Å². The molecule has 0 spiro atoms. The van der Waals surface area contributed by atoms with Crippen LogP contribution in [0.15, 0.2) is 120 Å². The molecule has 5 aromatic rings. The number of hydrogen-bond donors (Lipinski definition) is 0. The van der Waals surface area contributed by atoms with Crippen molar-refractivity contribution in [2.24, 2.45) is 0 Å². The normalized spacial score (nSPS) is 10.3. The predicted octanol–water partition coefficient (Wildman–Crippen LogP) is 8.86. The van der Waals surface area contributed by atoms with E-state index in [0.717, 1.165) is 43.9 Å². The highest BCUT2D eigenvalue weighted by atomic mass is 79.9. The molecule has 0 fully saturated rings. The zero-order valence-electron chi connectivity index (χ0n) is 19.4. The fourth-order valence-electron chi connectivity index (χ4n) is 3.81. The lowest BCUT2D eigenvalue weighted by atomic mass is 9.99. The summed E-state index contributed by atoms with van der Waals surface area (Å²) in [6.07, 6.45) is 0.708. The smallest absolute Gasteiger partial charge is 0.0973 e. The molecule has 0 amide bonds. The van der Waals surface area contributed by atoms with Gasteiger partial charge in [-0.1, -0.05) is 133 Å². The van der Waals surface area contributed by atoms with E-state index in [1.54, 1.807) is 0 Å². The van der Waals surface area contributed by atoms with Gasteiger partial charge in [0, 0.05) is 27.6 Å². The van der Waals surface area contributed by atoms with Crippen LogP contribution in [-0.2, 0) is 6.42 Å². The molecule has 0 aliphatic rings. The Labute approximate surface area is 210 Å². The van der Waals surface area contributed by atoms with Crippen molar-refractivity contribution in [1.82, 2.24) is 9.97 Å². The standard InChI is InChI=1S/C29H21BrN2.C2H6/c30-25-18-16-21(17-19-25)20-26-27(22-10-4-1-5-11-22)32-29(24-14-8-3-9-15-24)28(31-26)23-12-6-2-7-13-23;1-2/h1-19H,20H2;1-2H3. The molecule has 0 unspecified atom stereocenters. The van der Waals surface area contributed by atoms with Crippen molar-refractivity contribution in [3.05, 3.63) is 131 Å². The maximum Gasteiger partial charge on any atom is 0.0973 e. The van der Waals surface area contributed by atoms with Gasteiger partial charge in [0.1, 0.15) is 0 Å². The zero-order valence-corrected chi connectivity index (χ0v) is 21.0. The first-order valence-electron chi connectivity index (χ1n) is 11.6. The van der Waals surface area contributed by atoms with Gasteiger partial charge in [0.15, 0.2) is 0 Å². The fraction of sp³-hybridized carbons (Fsp3) is 0.0968. The van der Waals surface area contributed by atoms with Gasteiger partial charge in [-0.15, -0.1) is 0 Å². The second kappa shape index (κ2) is 11.5. The van der Waals surface area contributed by atoms with Crippen molar-refractivity contribution in [3.8, 4) is 33.8 Å². The van der Waals surface area contributed by atoms with Crippen LogP contribution in [0, 0.1) is 0 Å². The first-order valence-corrected chi connectivity index (χ1v) is 12.4. The Morgan fingerprint density at radius 3 is 1.38 bits per heavy atom. The Morgan fingerprint density at radius 1 is 0.500 bits per heavy atom. The summed E-state index contributed by atoms with van der Waals surface area (Å²) in [6.45, 7) is 4.00. The first kappa shape index (κ1) is 23.6. The van der Waals surface area contributed by atoms with Gasteiger partial charge < -0.3 is 0 Å². The molecule has 2 nitrogen and oxygen atoms in total. The van der Waals surface area contributed by atoms with Crippen molar-refractivity contribution >= 4 is 15.9 Å². The highest BCUT2D eigenvalue weighted by molar-refractivity contribution is 9.10. The van der Waals surface area contributed by atoms with Crippen molar-refractivity contribution in [2.45, 2.75) is 20.3 Å². The molecule has 5 rings (SSSR count). The summed E-state index contributed by atoms with van der Waals surface area (Å²) in [5.41, 5.74) is 8.10. The summed E-state index contributed by atoms with van der Waals surface area (Å²) in [7, 11) is 0. The number of rotatable bonds is 5. The summed E-state index contributed by atoms with van der Waals surface area (Å²) >= 11 is 3.53. The van der Waals surface area contributed by atoms with Crippen LogP contribution in [0.1, 0.15) is 25.1 Å². The average Bonchev–Trinajstić information content (AvgIpc) is 2.92. The van der Waals surface area contributed by atoms with Gasteiger partial charge >= 0.3 is 0 Å². The third-order valence-corrected chi connectivity index (χ3v) is 5.92. The van der Waals surface area contributed by atoms with Gasteiger partial charge in [-0.2, -0.15) is 0 Å². The average molecular weight is 507 g/mol. The molecule has 0 N–H and O–H groups in total. The van der Waals surface area contributed by atoms with E-state index in [9.17, 15) is 0 Å². The molecule has 0 radical (unpaired) electrons. The van der Waals surface area contributed by atoms with E-state index in [-0.39, 0.29) is 0 Å². The SMILES string of the molecule is Brc1ccc(Cc2nc(-c3ccccc3)c(-c3ccccc3)nc2-c2ccccc2)cc1.CC. The van der Waals surface area contributed by atoms with Crippen LogP contribution >= 0.6 is 15.9 Å². The van der Waals surface area contributed by atoms with Crippen LogP contribution in [0.2, 0.25) is 0 Å². The van der Waals surface area contributed by atoms with Gasteiger partial charge in [0.2, 0.25) is 0 Å². The van der Waals surface area contributed by atoms with E-state index >= 15 is 0 Å². The van der Waals surface area contributed by atoms with Crippen LogP contribution in [0.4, 0.5) is 0 Å². The fourth-order valence-corrected chi connectivity index (χ4v) is 4.08. The third-order valence-electron chi connectivity index (χ3n) is 5.39. The molecule has 3 heteroatoms. The second-order valence-corrected chi connectivity index (χ2v) is 8.53. The largest absolute Gasteiger partial charge is 0.248 e. The van der Waals surface area contributed by atoms with Crippen molar-refractivity contribution in [3.63, 3.8) is 0 Å². The Hall–Kier alpha value is -3.56. The molecule has 0 saturated carbocycles. The number of benzene rings is 4. The Balaban J connectivity index is 0.00000133. The molecular weight excluding hydrogens is 480 g/mol. The van der Waals surface area contributed by atoms with Crippen LogP contribution in [0.5, 0.6) is 0 Å². The van der Waals surface area contributed by atoms with E-state index in [2.05, 4.69) is 76.6 Å². The van der Waals surface area contributed by atoms with Crippen molar-refractivity contribution < 1.29 is 0 Å². The van der Waals surface area contributed by atoms with Gasteiger partial charge in [-0.3, -0.25) is 0 Å². The lowest BCUT2D eigenvalue weighted by molar-refractivity contribution is 1.04. The summed E-state index contributed by atoms with van der Waals surface area (Å²) in [4.78, 5) is 10.5. The molecule has 0 aliphatic heterocycles. The number of halogens is 1. The topological polar surface area (TPSA) is 25.8 Å². The molecule has 4 aromatic carbocycles. The maximum atomic E-state index is 5.24. The van der Waals surface area contributed by atoms with E-state index in [4.69, 9.17) is 9.97 Å². The molecule has 0 saturated heterocycles. The summed E-state index contributed by atoms with van der Waals surface area (Å²) < 4.78 is 1.07. The van der Waals surface area contributed by atoms with Crippen LogP contribution in [0.3, 0.4) is 0 Å². The summed E-state index contributed by atoms with van der Waals surface area (Å²) in [5, 5.41) is 0. The number of hydrogen-bond acceptors (Lipinski definition) is 2. The van der Waals surface area contributed by atoms with Crippen LogP contribution in [-0.4, -0.2) is 9.97 Å². The van der Waals surface area contributed by atoms with Gasteiger partial charge in [0.25, 0.3) is 0 Å². The lowest BCUT2D eigenvalue weighted by Crippen LogP contribution is -2.04. The second-order valence-electron chi connectivity index (χ2n) is 7.62. The summed E-state index contributed by atoms with van der Waals surface area (Å²) in [5.74, 6) is 0. The molecule has 168 valence electrons. The van der Waals surface area contributed by atoms with Crippen molar-refractivity contribution in [2.75, 3.05) is 0 Å². The minimum atomic E-state index is 0.708. The maximum absolute atomic E-state index is 5.24. The van der Waals surface area contributed by atoms with E-state index in [1.807, 2.05) is 68.4 Å². The Morgan fingerprint density at radius 2 is 0.912 bits per heavy atom. The third kappa shape index (κ3) is 5.49. The summed E-state index contributed by atoms with van der Waals surface area (Å²) in [6, 6.07) is 39.4. The Bertz CT molecular complexity index is 1320. The highest BCUT2D eigenvalue weighted by Gasteiger charge is 2.18. The number of aromatic nitrogens is 2. The number of nitrogens with zero attached hydrogens (tertiary/aromatic N) is 2. The Kier molecular flexibility index (Phi) is 8.00. The molecule has 1 heterocycles. The molecular formula is C31H27BrN2. The van der Waals surface area contributed by atoms with Gasteiger partial charge in [-0.25, -0.2) is 9.97 Å².